The molecule has 1 aliphatic carbocycles. The normalized spacial score (nSPS) is 13.5. The molecule has 4 aromatic rings. The number of fused-ring (bicyclic) bond motifs is 3. The Morgan fingerprint density at radius 1 is 0.951 bits per heavy atom. The summed E-state index contributed by atoms with van der Waals surface area (Å²) in [6.45, 7) is 2.06. The molecule has 210 valence electrons. The van der Waals surface area contributed by atoms with Crippen molar-refractivity contribution in [1.82, 2.24) is 15.6 Å². The number of aliphatic carboxylic acids is 1. The maximum atomic E-state index is 12.8. The number of carbonyl (C=O) groups is 3. The average Bonchev–Trinajstić information content (AvgIpc) is 3.60. The van der Waals surface area contributed by atoms with Crippen LogP contribution in [0, 0.1) is 0 Å². The molecule has 41 heavy (non-hydrogen) atoms. The number of amides is 2. The van der Waals surface area contributed by atoms with Crippen molar-refractivity contribution < 1.29 is 29.0 Å². The number of rotatable bonds is 11. The SMILES string of the molecule is C[C@H](OCc1ccccc1)[C@@H](NC(=O)c1cnc(CNC(=O)OCC2c3ccccc3-c3ccccc32)s1)C(=O)O. The van der Waals surface area contributed by atoms with E-state index in [1.54, 1.807) is 6.92 Å². The standard InChI is InChI=1S/C31H29N3O6S/c1-19(39-17-20-9-3-2-4-10-20)28(30(36)37)34-29(35)26-15-32-27(41-26)16-33-31(38)40-18-25-23-13-7-5-11-21(23)22-12-6-8-14-24(22)25/h2-15,19,25,28H,16-18H2,1H3,(H,33,38)(H,34,35)(H,36,37)/t19-,28+/m0/s1. The van der Waals surface area contributed by atoms with Gasteiger partial charge < -0.3 is 25.2 Å². The number of carboxylic acids is 1. The van der Waals surface area contributed by atoms with Crippen LogP contribution in [0.25, 0.3) is 11.1 Å². The van der Waals surface area contributed by atoms with E-state index in [0.29, 0.717) is 5.01 Å². The van der Waals surface area contributed by atoms with Gasteiger partial charge in [0.2, 0.25) is 0 Å². The molecule has 10 heteroatoms. The fourth-order valence-electron chi connectivity index (χ4n) is 4.78. The third-order valence-corrected chi connectivity index (χ3v) is 7.88. The zero-order valence-corrected chi connectivity index (χ0v) is 23.1. The zero-order chi connectivity index (χ0) is 28.8. The molecule has 3 aromatic carbocycles. The summed E-state index contributed by atoms with van der Waals surface area (Å²) in [5, 5.41) is 15.3. The lowest BCUT2D eigenvalue weighted by Gasteiger charge is -2.21. The van der Waals surface area contributed by atoms with Gasteiger partial charge in [0, 0.05) is 5.92 Å². The van der Waals surface area contributed by atoms with Crippen LogP contribution in [0.4, 0.5) is 4.79 Å². The number of thiazole rings is 1. The predicted octanol–water partition coefficient (Wildman–Crippen LogP) is 4.97. The van der Waals surface area contributed by atoms with Crippen molar-refractivity contribution in [2.75, 3.05) is 6.61 Å². The first-order chi connectivity index (χ1) is 19.9. The lowest BCUT2D eigenvalue weighted by molar-refractivity contribution is -0.143. The minimum Gasteiger partial charge on any atom is -0.480 e. The molecule has 3 N–H and O–H groups in total. The lowest BCUT2D eigenvalue weighted by Crippen LogP contribution is -2.48. The summed E-state index contributed by atoms with van der Waals surface area (Å²) in [5.74, 6) is -1.84. The summed E-state index contributed by atoms with van der Waals surface area (Å²) in [5.41, 5.74) is 5.43. The maximum absolute atomic E-state index is 12.8. The van der Waals surface area contributed by atoms with Crippen LogP contribution in [-0.2, 0) is 27.4 Å². The number of hydrogen-bond acceptors (Lipinski definition) is 7. The first-order valence-corrected chi connectivity index (χ1v) is 13.9. The molecule has 1 heterocycles. The number of alkyl carbamates (subject to hydrolysis) is 1. The van der Waals surface area contributed by atoms with E-state index >= 15 is 0 Å². The molecule has 0 saturated heterocycles. The molecule has 0 saturated carbocycles. The molecule has 1 aromatic heterocycles. The second-order valence-corrected chi connectivity index (χ2v) is 10.7. The van der Waals surface area contributed by atoms with Gasteiger partial charge in [-0.1, -0.05) is 78.9 Å². The molecular formula is C31H29N3O6S. The van der Waals surface area contributed by atoms with Crippen LogP contribution in [0.2, 0.25) is 0 Å². The van der Waals surface area contributed by atoms with E-state index in [1.165, 1.54) is 6.20 Å². The topological polar surface area (TPSA) is 127 Å². The third-order valence-electron chi connectivity index (χ3n) is 6.88. The van der Waals surface area contributed by atoms with Gasteiger partial charge in [-0.15, -0.1) is 11.3 Å². The van der Waals surface area contributed by atoms with Crippen LogP contribution in [0.3, 0.4) is 0 Å². The van der Waals surface area contributed by atoms with Crippen molar-refractivity contribution in [2.24, 2.45) is 0 Å². The Morgan fingerprint density at radius 3 is 2.24 bits per heavy atom. The highest BCUT2D eigenvalue weighted by atomic mass is 32.1. The van der Waals surface area contributed by atoms with E-state index < -0.39 is 30.1 Å². The summed E-state index contributed by atoms with van der Waals surface area (Å²) in [4.78, 5) is 41.5. The van der Waals surface area contributed by atoms with Crippen LogP contribution in [0.1, 0.15) is 44.2 Å². The largest absolute Gasteiger partial charge is 0.480 e. The van der Waals surface area contributed by atoms with Gasteiger partial charge in [0.1, 0.15) is 16.5 Å². The van der Waals surface area contributed by atoms with Crippen molar-refractivity contribution in [2.45, 2.75) is 38.1 Å². The van der Waals surface area contributed by atoms with Crippen LogP contribution in [-0.4, -0.2) is 46.8 Å². The minimum atomic E-state index is -1.25. The molecule has 1 aliphatic rings. The smallest absolute Gasteiger partial charge is 0.407 e. The summed E-state index contributed by atoms with van der Waals surface area (Å²) in [6.07, 6.45) is -0.0222. The molecule has 0 unspecified atom stereocenters. The molecule has 2 atom stereocenters. The van der Waals surface area contributed by atoms with Gasteiger partial charge in [0.25, 0.3) is 5.91 Å². The molecule has 5 rings (SSSR count). The molecular weight excluding hydrogens is 542 g/mol. The Hall–Kier alpha value is -4.54. The number of benzene rings is 3. The van der Waals surface area contributed by atoms with E-state index in [9.17, 15) is 19.5 Å². The summed E-state index contributed by atoms with van der Waals surface area (Å²) >= 11 is 1.06. The Balaban J connectivity index is 1.11. The molecule has 0 fully saturated rings. The monoisotopic (exact) mass is 571 g/mol. The lowest BCUT2D eigenvalue weighted by atomic mass is 9.98. The van der Waals surface area contributed by atoms with Gasteiger partial charge in [-0.25, -0.2) is 14.6 Å². The van der Waals surface area contributed by atoms with Gasteiger partial charge in [0.05, 0.1) is 25.5 Å². The van der Waals surface area contributed by atoms with Crippen molar-refractivity contribution >= 4 is 29.3 Å². The second kappa shape index (κ2) is 12.8. The minimum absolute atomic E-state index is 0.0513. The number of carbonyl (C=O) groups excluding carboxylic acids is 2. The second-order valence-electron chi connectivity index (χ2n) is 9.59. The van der Waals surface area contributed by atoms with Crippen molar-refractivity contribution in [3.63, 3.8) is 0 Å². The van der Waals surface area contributed by atoms with E-state index in [4.69, 9.17) is 9.47 Å². The molecule has 0 aliphatic heterocycles. The van der Waals surface area contributed by atoms with Gasteiger partial charge >= 0.3 is 12.1 Å². The van der Waals surface area contributed by atoms with Crippen LogP contribution in [0.5, 0.6) is 0 Å². The number of carboxylic acid groups (broad SMARTS) is 1. The molecule has 0 bridgehead atoms. The average molecular weight is 572 g/mol. The van der Waals surface area contributed by atoms with Crippen LogP contribution < -0.4 is 10.6 Å². The van der Waals surface area contributed by atoms with Crippen LogP contribution >= 0.6 is 11.3 Å². The summed E-state index contributed by atoms with van der Waals surface area (Å²) in [6, 6.07) is 24.3. The number of hydrogen-bond donors (Lipinski definition) is 3. The number of nitrogens with one attached hydrogen (secondary N) is 2. The molecule has 9 nitrogen and oxygen atoms in total. The first-order valence-electron chi connectivity index (χ1n) is 13.1. The first kappa shape index (κ1) is 28.0. The van der Waals surface area contributed by atoms with E-state index in [0.717, 1.165) is 39.2 Å². The Morgan fingerprint density at radius 2 is 1.59 bits per heavy atom. The number of nitrogens with zero attached hydrogens (tertiary/aromatic N) is 1. The highest BCUT2D eigenvalue weighted by molar-refractivity contribution is 7.13. The molecule has 2 amide bonds. The highest BCUT2D eigenvalue weighted by Gasteiger charge is 2.30. The van der Waals surface area contributed by atoms with Crippen molar-refractivity contribution in [1.29, 1.82) is 0 Å². The molecule has 0 radical (unpaired) electrons. The fraction of sp³-hybridized carbons (Fsp3) is 0.226. The Kier molecular flexibility index (Phi) is 8.71. The van der Waals surface area contributed by atoms with E-state index in [-0.39, 0.29) is 30.6 Å². The number of aromatic nitrogens is 1. The Labute approximate surface area is 241 Å². The van der Waals surface area contributed by atoms with Gasteiger partial charge in [-0.05, 0) is 34.7 Å². The zero-order valence-electron chi connectivity index (χ0n) is 22.3. The highest BCUT2D eigenvalue weighted by Crippen LogP contribution is 2.44. The van der Waals surface area contributed by atoms with Gasteiger partial charge in [-0.3, -0.25) is 4.79 Å². The maximum Gasteiger partial charge on any atom is 0.407 e. The third kappa shape index (κ3) is 6.62. The number of ether oxygens (including phenoxy) is 2. The van der Waals surface area contributed by atoms with Gasteiger partial charge in [0.15, 0.2) is 6.04 Å². The van der Waals surface area contributed by atoms with Gasteiger partial charge in [-0.2, -0.15) is 0 Å². The summed E-state index contributed by atoms with van der Waals surface area (Å²) in [7, 11) is 0. The van der Waals surface area contributed by atoms with E-state index in [1.807, 2.05) is 54.6 Å². The molecule has 0 spiro atoms. The van der Waals surface area contributed by atoms with Crippen molar-refractivity contribution in [3.05, 3.63) is 112 Å². The van der Waals surface area contributed by atoms with Crippen LogP contribution in [0.15, 0.2) is 85.1 Å². The van der Waals surface area contributed by atoms with E-state index in [2.05, 4.69) is 39.9 Å². The fourth-order valence-corrected chi connectivity index (χ4v) is 5.55. The Bertz CT molecular complexity index is 1490. The summed E-state index contributed by atoms with van der Waals surface area (Å²) < 4.78 is 11.2. The van der Waals surface area contributed by atoms with Crippen molar-refractivity contribution in [3.8, 4) is 11.1 Å². The predicted molar refractivity (Wildman–Crippen MR) is 154 cm³/mol. The quantitative estimate of drug-likeness (QED) is 0.232.